The van der Waals surface area contributed by atoms with Crippen molar-refractivity contribution >= 4 is 5.91 Å². The number of hydrogen-bond donors (Lipinski definition) is 2. The molecule has 21 heavy (non-hydrogen) atoms. The molecule has 1 amide bonds. The van der Waals surface area contributed by atoms with Gasteiger partial charge in [0.15, 0.2) is 6.10 Å². The minimum atomic E-state index is -0.571. The first kappa shape index (κ1) is 15.8. The van der Waals surface area contributed by atoms with Crippen LogP contribution in [0.2, 0.25) is 0 Å². The molecule has 0 radical (unpaired) electrons. The largest absolute Gasteiger partial charge is 0.481 e. The number of nitrogens with one attached hydrogen (secondary N) is 1. The predicted octanol–water partition coefficient (Wildman–Crippen LogP) is 2.57. The summed E-state index contributed by atoms with van der Waals surface area (Å²) in [7, 11) is 0. The zero-order chi connectivity index (χ0) is 15.3. The van der Waals surface area contributed by atoms with Gasteiger partial charge in [-0.1, -0.05) is 37.0 Å². The third kappa shape index (κ3) is 4.21. The summed E-state index contributed by atoms with van der Waals surface area (Å²) < 4.78 is 5.67. The number of aliphatic hydroxyl groups is 1. The van der Waals surface area contributed by atoms with Crippen molar-refractivity contribution < 1.29 is 14.6 Å². The van der Waals surface area contributed by atoms with Gasteiger partial charge in [-0.25, -0.2) is 0 Å². The van der Waals surface area contributed by atoms with Gasteiger partial charge in [0, 0.05) is 0 Å². The predicted molar refractivity (Wildman–Crippen MR) is 82.3 cm³/mol. The van der Waals surface area contributed by atoms with E-state index in [2.05, 4.69) is 5.32 Å². The molecular formula is C17H25NO3. The van der Waals surface area contributed by atoms with Gasteiger partial charge in [-0.2, -0.15) is 0 Å². The van der Waals surface area contributed by atoms with Crippen LogP contribution in [0.4, 0.5) is 0 Å². The van der Waals surface area contributed by atoms with Gasteiger partial charge in [0.1, 0.15) is 5.75 Å². The molecule has 1 fully saturated rings. The molecule has 0 aromatic heterocycles. The smallest absolute Gasteiger partial charge is 0.261 e. The fourth-order valence-electron chi connectivity index (χ4n) is 2.79. The summed E-state index contributed by atoms with van der Waals surface area (Å²) in [5, 5.41) is 12.6. The molecule has 0 heterocycles. The molecule has 1 unspecified atom stereocenters. The van der Waals surface area contributed by atoms with E-state index in [0.717, 1.165) is 31.2 Å². The standard InChI is InChI=1S/C17H25NO3/c1-13-6-8-15(9-7-13)21-14(2)16(20)18-17(12-19)10-4-3-5-11-17/h6-9,14,19H,3-5,10-12H2,1-2H3,(H,18,20). The first-order valence-electron chi connectivity index (χ1n) is 7.71. The van der Waals surface area contributed by atoms with Crippen LogP contribution in [0.1, 0.15) is 44.6 Å². The summed E-state index contributed by atoms with van der Waals surface area (Å²) in [6, 6.07) is 7.63. The minimum Gasteiger partial charge on any atom is -0.481 e. The van der Waals surface area contributed by atoms with E-state index in [1.54, 1.807) is 6.92 Å². The third-order valence-electron chi connectivity index (χ3n) is 4.20. The average Bonchev–Trinajstić information content (AvgIpc) is 2.50. The Morgan fingerprint density at radius 3 is 2.48 bits per heavy atom. The van der Waals surface area contributed by atoms with Gasteiger partial charge < -0.3 is 15.2 Å². The molecule has 1 atom stereocenters. The molecule has 0 saturated heterocycles. The van der Waals surface area contributed by atoms with Crippen molar-refractivity contribution in [2.45, 2.75) is 57.6 Å². The Balaban J connectivity index is 1.93. The maximum absolute atomic E-state index is 12.3. The van der Waals surface area contributed by atoms with E-state index in [-0.39, 0.29) is 12.5 Å². The van der Waals surface area contributed by atoms with Gasteiger partial charge >= 0.3 is 0 Å². The van der Waals surface area contributed by atoms with Crippen LogP contribution < -0.4 is 10.1 Å². The molecule has 0 bridgehead atoms. The van der Waals surface area contributed by atoms with Crippen molar-refractivity contribution in [2.24, 2.45) is 0 Å². The van der Waals surface area contributed by atoms with Gasteiger partial charge in [-0.3, -0.25) is 4.79 Å². The summed E-state index contributed by atoms with van der Waals surface area (Å²) >= 11 is 0. The Labute approximate surface area is 126 Å². The highest BCUT2D eigenvalue weighted by atomic mass is 16.5. The maximum Gasteiger partial charge on any atom is 0.261 e. The second kappa shape index (κ2) is 6.94. The number of rotatable bonds is 5. The Hall–Kier alpha value is -1.55. The first-order valence-corrected chi connectivity index (χ1v) is 7.71. The number of carbonyl (C=O) groups excluding carboxylic acids is 1. The third-order valence-corrected chi connectivity index (χ3v) is 4.20. The quantitative estimate of drug-likeness (QED) is 0.876. The normalized spacial score (nSPS) is 18.8. The monoisotopic (exact) mass is 291 g/mol. The van der Waals surface area contributed by atoms with E-state index in [9.17, 15) is 9.90 Å². The lowest BCUT2D eigenvalue weighted by Gasteiger charge is -2.37. The maximum atomic E-state index is 12.3. The number of amides is 1. The summed E-state index contributed by atoms with van der Waals surface area (Å²) in [4.78, 5) is 12.3. The fourth-order valence-corrected chi connectivity index (χ4v) is 2.79. The summed E-state index contributed by atoms with van der Waals surface area (Å²) in [6.45, 7) is 3.74. The van der Waals surface area contributed by atoms with Crippen molar-refractivity contribution in [1.29, 1.82) is 0 Å². The van der Waals surface area contributed by atoms with Crippen molar-refractivity contribution in [3.05, 3.63) is 29.8 Å². The number of aryl methyl sites for hydroxylation is 1. The van der Waals surface area contributed by atoms with E-state index in [0.29, 0.717) is 5.75 Å². The zero-order valence-electron chi connectivity index (χ0n) is 12.9. The molecule has 2 N–H and O–H groups in total. The molecule has 1 aliphatic rings. The molecule has 4 heteroatoms. The summed E-state index contributed by atoms with van der Waals surface area (Å²) in [5.41, 5.74) is 0.695. The number of benzene rings is 1. The number of aliphatic hydroxyl groups excluding tert-OH is 1. The van der Waals surface area contributed by atoms with Crippen LogP contribution in [0.3, 0.4) is 0 Å². The lowest BCUT2D eigenvalue weighted by atomic mass is 9.82. The molecule has 0 spiro atoms. The van der Waals surface area contributed by atoms with Crippen LogP contribution in [0.25, 0.3) is 0 Å². The van der Waals surface area contributed by atoms with Crippen LogP contribution >= 0.6 is 0 Å². The topological polar surface area (TPSA) is 58.6 Å². The van der Waals surface area contributed by atoms with Crippen LogP contribution in [0, 0.1) is 6.92 Å². The molecule has 1 saturated carbocycles. The number of hydrogen-bond acceptors (Lipinski definition) is 3. The number of carbonyl (C=O) groups is 1. The highest BCUT2D eigenvalue weighted by molar-refractivity contribution is 5.81. The van der Waals surface area contributed by atoms with Crippen molar-refractivity contribution in [2.75, 3.05) is 6.61 Å². The van der Waals surface area contributed by atoms with Crippen molar-refractivity contribution in [1.82, 2.24) is 5.32 Å². The SMILES string of the molecule is Cc1ccc(OC(C)C(=O)NC2(CO)CCCCC2)cc1. The van der Waals surface area contributed by atoms with Crippen LogP contribution in [0.5, 0.6) is 5.75 Å². The van der Waals surface area contributed by atoms with Gasteiger partial charge in [0.05, 0.1) is 12.1 Å². The van der Waals surface area contributed by atoms with Crippen LogP contribution in [-0.4, -0.2) is 29.3 Å². The second-order valence-electron chi connectivity index (χ2n) is 6.06. The van der Waals surface area contributed by atoms with E-state index in [1.807, 2.05) is 31.2 Å². The lowest BCUT2D eigenvalue weighted by molar-refractivity contribution is -0.130. The van der Waals surface area contributed by atoms with Crippen molar-refractivity contribution in [3.63, 3.8) is 0 Å². The minimum absolute atomic E-state index is 0.00398. The first-order chi connectivity index (χ1) is 10.0. The van der Waals surface area contributed by atoms with E-state index in [4.69, 9.17) is 4.74 Å². The van der Waals surface area contributed by atoms with Crippen LogP contribution in [-0.2, 0) is 4.79 Å². The highest BCUT2D eigenvalue weighted by Gasteiger charge is 2.34. The molecule has 1 aromatic rings. The van der Waals surface area contributed by atoms with Gasteiger partial charge in [-0.05, 0) is 38.8 Å². The molecule has 4 nitrogen and oxygen atoms in total. The molecule has 1 aliphatic carbocycles. The Morgan fingerprint density at radius 1 is 1.29 bits per heavy atom. The van der Waals surface area contributed by atoms with Gasteiger partial charge in [0.2, 0.25) is 0 Å². The Morgan fingerprint density at radius 2 is 1.90 bits per heavy atom. The van der Waals surface area contributed by atoms with Crippen molar-refractivity contribution in [3.8, 4) is 5.75 Å². The highest BCUT2D eigenvalue weighted by Crippen LogP contribution is 2.28. The van der Waals surface area contributed by atoms with Gasteiger partial charge in [-0.15, -0.1) is 0 Å². The summed E-state index contributed by atoms with van der Waals surface area (Å²) in [6.07, 6.45) is 4.38. The molecular weight excluding hydrogens is 266 g/mol. The fraction of sp³-hybridized carbons (Fsp3) is 0.588. The molecule has 116 valence electrons. The Bertz CT molecular complexity index is 463. The van der Waals surface area contributed by atoms with E-state index >= 15 is 0 Å². The number of ether oxygens (including phenoxy) is 1. The van der Waals surface area contributed by atoms with Crippen LogP contribution in [0.15, 0.2) is 24.3 Å². The molecule has 2 rings (SSSR count). The summed E-state index contributed by atoms with van der Waals surface area (Å²) in [5.74, 6) is 0.525. The zero-order valence-corrected chi connectivity index (χ0v) is 12.9. The average molecular weight is 291 g/mol. The van der Waals surface area contributed by atoms with E-state index in [1.165, 1.54) is 6.42 Å². The second-order valence-corrected chi connectivity index (χ2v) is 6.06. The molecule has 1 aromatic carbocycles. The van der Waals surface area contributed by atoms with Gasteiger partial charge in [0.25, 0.3) is 5.91 Å². The van der Waals surface area contributed by atoms with E-state index < -0.39 is 11.6 Å². The lowest BCUT2D eigenvalue weighted by Crippen LogP contribution is -2.55. The Kier molecular flexibility index (Phi) is 5.23. The molecule has 0 aliphatic heterocycles.